The third kappa shape index (κ3) is 0.997. The van der Waals surface area contributed by atoms with Gasteiger partial charge in [-0.25, -0.2) is 0 Å². The number of hydrogen-bond acceptors (Lipinski definition) is 1. The number of hydrogen-bond donors (Lipinski definition) is 1. The van der Waals surface area contributed by atoms with E-state index in [4.69, 9.17) is 5.41 Å². The monoisotopic (exact) mass is 106 g/mol. The third-order valence-corrected chi connectivity index (χ3v) is 1.05. The van der Waals surface area contributed by atoms with E-state index in [1.54, 1.807) is 12.5 Å². The van der Waals surface area contributed by atoms with Gasteiger partial charge in [0, 0.05) is 12.5 Å². The van der Waals surface area contributed by atoms with Crippen molar-refractivity contribution in [2.45, 2.75) is 6.92 Å². The molecule has 0 radical (unpaired) electrons. The van der Waals surface area contributed by atoms with Crippen LogP contribution in [0.25, 0.3) is 0 Å². The van der Waals surface area contributed by atoms with Gasteiger partial charge in [0.15, 0.2) is 5.71 Å². The first kappa shape index (κ1) is 5.16. The van der Waals surface area contributed by atoms with Gasteiger partial charge in [0.05, 0.1) is 24.6 Å². The normalized spacial score (nSPS) is 17.6. The summed E-state index contributed by atoms with van der Waals surface area (Å²) in [5.41, 5.74) is 1.79. The van der Waals surface area contributed by atoms with Crippen LogP contribution >= 0.6 is 0 Å². The Balaban J connectivity index is 2.71. The van der Waals surface area contributed by atoms with Gasteiger partial charge in [0.2, 0.25) is 0 Å². The summed E-state index contributed by atoms with van der Waals surface area (Å²) in [5.74, 6) is 0. The quantitative estimate of drug-likeness (QED) is 0.455. The molecule has 0 aromatic rings. The minimum Gasteiger partial charge on any atom is -0.275 e. The standard InChI is InChI=1S/C7H8N/c1-6-2-4-7(8)5-3-6/h2-5,8H,1H3/q+1. The minimum atomic E-state index is 0.579. The molecule has 0 aliphatic heterocycles. The highest BCUT2D eigenvalue weighted by atomic mass is 14.4. The van der Waals surface area contributed by atoms with E-state index in [2.05, 4.69) is 0 Å². The van der Waals surface area contributed by atoms with Crippen LogP contribution in [0.4, 0.5) is 0 Å². The lowest BCUT2D eigenvalue weighted by molar-refractivity contribution is 1.44. The summed E-state index contributed by atoms with van der Waals surface area (Å²) in [4.78, 5) is 0. The predicted molar refractivity (Wildman–Crippen MR) is 34.9 cm³/mol. The fourth-order valence-electron chi connectivity index (χ4n) is 0.554. The van der Waals surface area contributed by atoms with Crippen LogP contribution < -0.4 is 0 Å². The maximum Gasteiger partial charge on any atom is 0.165 e. The van der Waals surface area contributed by atoms with E-state index >= 15 is 0 Å². The van der Waals surface area contributed by atoms with Gasteiger partial charge < -0.3 is 0 Å². The molecule has 0 heterocycles. The van der Waals surface area contributed by atoms with Gasteiger partial charge >= 0.3 is 0 Å². The summed E-state index contributed by atoms with van der Waals surface area (Å²) in [7, 11) is 0. The molecule has 1 aliphatic carbocycles. The average molecular weight is 106 g/mol. The van der Waals surface area contributed by atoms with Crippen LogP contribution in [-0.2, 0) is 0 Å². The van der Waals surface area contributed by atoms with Crippen molar-refractivity contribution in [1.82, 2.24) is 0 Å². The summed E-state index contributed by atoms with van der Waals surface area (Å²) in [6.07, 6.45) is 7.44. The van der Waals surface area contributed by atoms with E-state index in [0.29, 0.717) is 5.71 Å². The van der Waals surface area contributed by atoms with Crippen molar-refractivity contribution in [3.63, 3.8) is 0 Å². The van der Waals surface area contributed by atoms with Gasteiger partial charge in [-0.3, -0.25) is 5.41 Å². The average Bonchev–Trinajstić information content (AvgIpc) is 1.77. The first-order valence-corrected chi connectivity index (χ1v) is 2.57. The SMILES string of the molecule is CC1=C[CH+]C(=N)C=C1. The van der Waals surface area contributed by atoms with Crippen LogP contribution in [-0.4, -0.2) is 5.71 Å². The highest BCUT2D eigenvalue weighted by Gasteiger charge is 2.03. The molecule has 0 aromatic heterocycles. The molecule has 1 aliphatic rings. The molecule has 0 atom stereocenters. The Bertz CT molecular complexity index is 160. The Labute approximate surface area is 49.2 Å². The van der Waals surface area contributed by atoms with Crippen molar-refractivity contribution in [2.24, 2.45) is 0 Å². The number of allylic oxidation sites excluding steroid dienone is 4. The summed E-state index contributed by atoms with van der Waals surface area (Å²) in [5, 5.41) is 7.09. The number of nitrogens with one attached hydrogen (secondary N) is 1. The summed E-state index contributed by atoms with van der Waals surface area (Å²) in [6, 6.07) is 0. The van der Waals surface area contributed by atoms with E-state index < -0.39 is 0 Å². The highest BCUT2D eigenvalue weighted by molar-refractivity contribution is 6.02. The topological polar surface area (TPSA) is 23.9 Å². The Morgan fingerprint density at radius 1 is 1.50 bits per heavy atom. The molecule has 1 nitrogen and oxygen atoms in total. The van der Waals surface area contributed by atoms with E-state index in [1.807, 2.05) is 19.1 Å². The summed E-state index contributed by atoms with van der Waals surface area (Å²) < 4.78 is 0. The largest absolute Gasteiger partial charge is 0.275 e. The molecular weight excluding hydrogens is 98.1 g/mol. The molecule has 0 bridgehead atoms. The van der Waals surface area contributed by atoms with Crippen molar-refractivity contribution < 1.29 is 0 Å². The third-order valence-electron chi connectivity index (χ3n) is 1.05. The number of rotatable bonds is 0. The van der Waals surface area contributed by atoms with E-state index in [9.17, 15) is 0 Å². The second-order valence-corrected chi connectivity index (χ2v) is 1.87. The van der Waals surface area contributed by atoms with Gasteiger partial charge in [-0.1, -0.05) is 0 Å². The van der Waals surface area contributed by atoms with Crippen LogP contribution in [0.15, 0.2) is 23.8 Å². The zero-order valence-electron chi connectivity index (χ0n) is 4.81. The molecule has 0 aromatic carbocycles. The Morgan fingerprint density at radius 3 is 2.62 bits per heavy atom. The smallest absolute Gasteiger partial charge is 0.165 e. The molecule has 1 N–H and O–H groups in total. The molecule has 0 unspecified atom stereocenters. The van der Waals surface area contributed by atoms with E-state index in [-0.39, 0.29) is 0 Å². The van der Waals surface area contributed by atoms with Crippen molar-refractivity contribution in [2.75, 3.05) is 0 Å². The predicted octanol–water partition coefficient (Wildman–Crippen LogP) is 1.73. The Hall–Kier alpha value is -0.980. The van der Waals surface area contributed by atoms with Crippen LogP contribution in [0, 0.1) is 11.8 Å². The second kappa shape index (κ2) is 1.86. The maximum atomic E-state index is 7.09. The lowest BCUT2D eigenvalue weighted by Crippen LogP contribution is -1.93. The first-order chi connectivity index (χ1) is 3.79. The Morgan fingerprint density at radius 2 is 2.25 bits per heavy atom. The fourth-order valence-corrected chi connectivity index (χ4v) is 0.554. The lowest BCUT2D eigenvalue weighted by Gasteiger charge is -1.89. The summed E-state index contributed by atoms with van der Waals surface area (Å²) >= 11 is 0. The molecule has 8 heavy (non-hydrogen) atoms. The zero-order valence-corrected chi connectivity index (χ0v) is 4.81. The van der Waals surface area contributed by atoms with Crippen LogP contribution in [0.3, 0.4) is 0 Å². The molecular formula is C7H8N+. The molecule has 0 saturated carbocycles. The van der Waals surface area contributed by atoms with Crippen molar-refractivity contribution >= 4 is 5.71 Å². The fraction of sp³-hybridized carbons (Fsp3) is 0.143. The van der Waals surface area contributed by atoms with Gasteiger partial charge in [-0.05, 0) is 0 Å². The summed E-state index contributed by atoms with van der Waals surface area (Å²) in [6.45, 7) is 2.01. The van der Waals surface area contributed by atoms with Gasteiger partial charge in [-0.15, -0.1) is 0 Å². The van der Waals surface area contributed by atoms with Gasteiger partial charge in [-0.2, -0.15) is 0 Å². The molecule has 1 heteroatoms. The molecule has 0 amide bonds. The maximum absolute atomic E-state index is 7.09. The first-order valence-electron chi connectivity index (χ1n) is 2.57. The van der Waals surface area contributed by atoms with Crippen LogP contribution in [0.1, 0.15) is 6.92 Å². The van der Waals surface area contributed by atoms with Crippen LogP contribution in [0.5, 0.6) is 0 Å². The second-order valence-electron chi connectivity index (χ2n) is 1.87. The van der Waals surface area contributed by atoms with Crippen molar-refractivity contribution in [1.29, 1.82) is 5.41 Å². The molecule has 0 fully saturated rings. The van der Waals surface area contributed by atoms with Gasteiger partial charge in [0.25, 0.3) is 0 Å². The van der Waals surface area contributed by atoms with Crippen molar-refractivity contribution in [3.05, 3.63) is 30.2 Å². The molecule has 0 saturated heterocycles. The zero-order chi connectivity index (χ0) is 5.98. The van der Waals surface area contributed by atoms with Crippen LogP contribution in [0.2, 0.25) is 0 Å². The van der Waals surface area contributed by atoms with Gasteiger partial charge in [0.1, 0.15) is 0 Å². The highest BCUT2D eigenvalue weighted by Crippen LogP contribution is 2.03. The Kier molecular flexibility index (Phi) is 1.20. The minimum absolute atomic E-state index is 0.579. The van der Waals surface area contributed by atoms with E-state index in [0.717, 1.165) is 0 Å². The molecule has 40 valence electrons. The lowest BCUT2D eigenvalue weighted by atomic mass is 10.1. The van der Waals surface area contributed by atoms with Crippen molar-refractivity contribution in [3.8, 4) is 0 Å². The van der Waals surface area contributed by atoms with E-state index in [1.165, 1.54) is 5.57 Å². The molecule has 0 spiro atoms. The molecule has 1 rings (SSSR count).